The van der Waals surface area contributed by atoms with Crippen LogP contribution in [0.25, 0.3) is 0 Å². The van der Waals surface area contributed by atoms with Crippen LogP contribution in [0.15, 0.2) is 34.7 Å². The van der Waals surface area contributed by atoms with Gasteiger partial charge in [0.1, 0.15) is 0 Å². The van der Waals surface area contributed by atoms with Crippen molar-refractivity contribution in [3.63, 3.8) is 0 Å². The van der Waals surface area contributed by atoms with E-state index in [4.69, 9.17) is 0 Å². The fourth-order valence-corrected chi connectivity index (χ4v) is 3.51. The van der Waals surface area contributed by atoms with Crippen molar-refractivity contribution in [1.82, 2.24) is 20.8 Å². The Hall–Kier alpha value is -2.13. The number of carbonyl (C=O) groups excluding carboxylic acids is 2. The lowest BCUT2D eigenvalue weighted by molar-refractivity contribution is -0.117. The molecule has 0 aliphatic heterocycles. The first-order chi connectivity index (χ1) is 11.8. The van der Waals surface area contributed by atoms with Crippen molar-refractivity contribution in [3.8, 4) is 0 Å². The Morgan fingerprint density at radius 2 is 1.88 bits per heavy atom. The number of rotatable bonds is 6. The number of anilines is 1. The Bertz CT molecular complexity index is 713. The van der Waals surface area contributed by atoms with Crippen molar-refractivity contribution in [2.45, 2.75) is 37.2 Å². The van der Waals surface area contributed by atoms with Crippen LogP contribution in [0.3, 0.4) is 0 Å². The Balaban J connectivity index is 1.70. The molecule has 0 fully saturated rings. The van der Waals surface area contributed by atoms with Crippen LogP contribution in [0.2, 0.25) is 0 Å². The second-order valence-electron chi connectivity index (χ2n) is 6.25. The molecule has 1 heterocycles. The van der Waals surface area contributed by atoms with Crippen LogP contribution in [0, 0.1) is 0 Å². The van der Waals surface area contributed by atoms with Crippen LogP contribution in [0.1, 0.15) is 26.3 Å². The monoisotopic (exact) mass is 379 g/mol. The molecule has 3 N–H and O–H groups in total. The van der Waals surface area contributed by atoms with Gasteiger partial charge in [0.05, 0.1) is 5.75 Å². The standard InChI is InChI=1S/C16H21N5O2S2/c1-16(2,3)19-14-20-21-15(25-14)24-10-12(22)18-13(23)17-9-11-7-5-4-6-8-11/h4-8H,9-10H2,1-3H3,(H,19,20)(H2,17,18,22,23). The average Bonchev–Trinajstić information content (AvgIpc) is 2.97. The molecule has 0 atom stereocenters. The van der Waals surface area contributed by atoms with E-state index in [0.717, 1.165) is 5.56 Å². The second-order valence-corrected chi connectivity index (χ2v) is 8.45. The Kier molecular flexibility index (Phi) is 6.77. The third-order valence-corrected chi connectivity index (χ3v) is 4.74. The molecule has 0 bridgehead atoms. The molecule has 2 rings (SSSR count). The lowest BCUT2D eigenvalue weighted by Crippen LogP contribution is -2.39. The number of aromatic nitrogens is 2. The summed E-state index contributed by atoms with van der Waals surface area (Å²) in [5.74, 6) is -0.279. The first-order valence-electron chi connectivity index (χ1n) is 7.68. The SMILES string of the molecule is CC(C)(C)Nc1nnc(SCC(=O)NC(=O)NCc2ccccc2)s1. The van der Waals surface area contributed by atoms with Crippen LogP contribution in [-0.4, -0.2) is 33.4 Å². The van der Waals surface area contributed by atoms with Gasteiger partial charge >= 0.3 is 6.03 Å². The minimum absolute atomic E-state index is 0.100. The van der Waals surface area contributed by atoms with Gasteiger partial charge < -0.3 is 10.6 Å². The van der Waals surface area contributed by atoms with Crippen LogP contribution >= 0.6 is 23.1 Å². The molecule has 0 saturated heterocycles. The van der Waals surface area contributed by atoms with E-state index in [1.807, 2.05) is 51.1 Å². The van der Waals surface area contributed by atoms with Gasteiger partial charge in [0, 0.05) is 12.1 Å². The molecular formula is C16H21N5O2S2. The zero-order chi connectivity index (χ0) is 18.3. The normalized spacial score (nSPS) is 11.0. The summed E-state index contributed by atoms with van der Waals surface area (Å²) in [4.78, 5) is 23.5. The van der Waals surface area contributed by atoms with Gasteiger partial charge in [-0.25, -0.2) is 4.79 Å². The third-order valence-electron chi connectivity index (χ3n) is 2.76. The Morgan fingerprint density at radius 3 is 2.56 bits per heavy atom. The lowest BCUT2D eigenvalue weighted by Gasteiger charge is -2.18. The Labute approximate surface area is 155 Å². The number of nitrogens with zero attached hydrogens (tertiary/aromatic N) is 2. The first kappa shape index (κ1) is 19.2. The van der Waals surface area contributed by atoms with E-state index < -0.39 is 6.03 Å². The predicted molar refractivity (Wildman–Crippen MR) is 101 cm³/mol. The zero-order valence-corrected chi connectivity index (χ0v) is 16.0. The van der Waals surface area contributed by atoms with Gasteiger partial charge in [-0.1, -0.05) is 53.4 Å². The molecule has 0 radical (unpaired) electrons. The highest BCUT2D eigenvalue weighted by Crippen LogP contribution is 2.26. The molecule has 1 aromatic heterocycles. The van der Waals surface area contributed by atoms with Crippen LogP contribution in [0.4, 0.5) is 9.93 Å². The predicted octanol–water partition coefficient (Wildman–Crippen LogP) is 2.87. The van der Waals surface area contributed by atoms with Gasteiger partial charge in [-0.15, -0.1) is 10.2 Å². The number of hydrogen-bond acceptors (Lipinski definition) is 7. The van der Waals surface area contributed by atoms with E-state index in [1.165, 1.54) is 23.1 Å². The highest BCUT2D eigenvalue weighted by molar-refractivity contribution is 8.01. The topological polar surface area (TPSA) is 96.0 Å². The highest BCUT2D eigenvalue weighted by atomic mass is 32.2. The fraction of sp³-hybridized carbons (Fsp3) is 0.375. The van der Waals surface area contributed by atoms with E-state index in [1.54, 1.807) is 0 Å². The maximum absolute atomic E-state index is 11.8. The minimum Gasteiger partial charge on any atom is -0.355 e. The van der Waals surface area contributed by atoms with Crippen molar-refractivity contribution in [3.05, 3.63) is 35.9 Å². The molecule has 0 spiro atoms. The summed E-state index contributed by atoms with van der Waals surface area (Å²) in [5, 5.41) is 16.9. The average molecular weight is 380 g/mol. The molecule has 0 saturated carbocycles. The van der Waals surface area contributed by atoms with E-state index in [2.05, 4.69) is 26.1 Å². The first-order valence-corrected chi connectivity index (χ1v) is 9.48. The summed E-state index contributed by atoms with van der Waals surface area (Å²) >= 11 is 2.62. The number of benzene rings is 1. The number of amides is 3. The summed E-state index contributed by atoms with van der Waals surface area (Å²) in [6.07, 6.45) is 0. The maximum Gasteiger partial charge on any atom is 0.321 e. The lowest BCUT2D eigenvalue weighted by atomic mass is 10.1. The van der Waals surface area contributed by atoms with Gasteiger partial charge in [0.25, 0.3) is 0 Å². The van der Waals surface area contributed by atoms with E-state index in [9.17, 15) is 9.59 Å². The number of carbonyl (C=O) groups is 2. The number of imide groups is 1. The van der Waals surface area contributed by atoms with Gasteiger partial charge in [0.2, 0.25) is 11.0 Å². The molecule has 9 heteroatoms. The summed E-state index contributed by atoms with van der Waals surface area (Å²) < 4.78 is 0.673. The van der Waals surface area contributed by atoms with Gasteiger partial charge in [-0.2, -0.15) is 0 Å². The van der Waals surface area contributed by atoms with E-state index >= 15 is 0 Å². The molecule has 0 aliphatic rings. The molecule has 1 aromatic carbocycles. The largest absolute Gasteiger partial charge is 0.355 e. The number of urea groups is 1. The molecule has 134 valence electrons. The zero-order valence-electron chi connectivity index (χ0n) is 14.3. The van der Waals surface area contributed by atoms with Crippen molar-refractivity contribution in [1.29, 1.82) is 0 Å². The third kappa shape index (κ3) is 7.53. The van der Waals surface area contributed by atoms with Crippen molar-refractivity contribution in [2.75, 3.05) is 11.1 Å². The van der Waals surface area contributed by atoms with Crippen LogP contribution in [-0.2, 0) is 11.3 Å². The second kappa shape index (κ2) is 8.82. The molecule has 3 amide bonds. The van der Waals surface area contributed by atoms with Crippen LogP contribution < -0.4 is 16.0 Å². The maximum atomic E-state index is 11.8. The van der Waals surface area contributed by atoms with Gasteiger partial charge in [-0.3, -0.25) is 10.1 Å². The summed E-state index contributed by atoms with van der Waals surface area (Å²) in [5.41, 5.74) is 0.864. The summed E-state index contributed by atoms with van der Waals surface area (Å²) in [7, 11) is 0. The summed E-state index contributed by atoms with van der Waals surface area (Å²) in [6, 6.07) is 8.97. The smallest absolute Gasteiger partial charge is 0.321 e. The van der Waals surface area contributed by atoms with Gasteiger partial charge in [-0.05, 0) is 26.3 Å². The molecule has 2 aromatic rings. The number of thioether (sulfide) groups is 1. The fourth-order valence-electron chi connectivity index (χ4n) is 1.75. The molecule has 7 nitrogen and oxygen atoms in total. The quantitative estimate of drug-likeness (QED) is 0.668. The number of hydrogen-bond donors (Lipinski definition) is 3. The molecular weight excluding hydrogens is 358 g/mol. The van der Waals surface area contributed by atoms with Crippen LogP contribution in [0.5, 0.6) is 0 Å². The van der Waals surface area contributed by atoms with Crippen molar-refractivity contribution < 1.29 is 9.59 Å². The van der Waals surface area contributed by atoms with E-state index in [0.29, 0.717) is 16.0 Å². The highest BCUT2D eigenvalue weighted by Gasteiger charge is 2.14. The molecule has 0 unspecified atom stereocenters. The molecule has 0 aliphatic carbocycles. The van der Waals surface area contributed by atoms with E-state index in [-0.39, 0.29) is 17.2 Å². The molecule has 25 heavy (non-hydrogen) atoms. The van der Waals surface area contributed by atoms with Gasteiger partial charge in [0.15, 0.2) is 4.34 Å². The Morgan fingerprint density at radius 1 is 1.16 bits per heavy atom. The minimum atomic E-state index is -0.512. The summed E-state index contributed by atoms with van der Waals surface area (Å²) in [6.45, 7) is 6.46. The number of nitrogens with one attached hydrogen (secondary N) is 3. The van der Waals surface area contributed by atoms with Crippen molar-refractivity contribution in [2.24, 2.45) is 0 Å². The van der Waals surface area contributed by atoms with Crippen molar-refractivity contribution >= 4 is 40.2 Å².